The van der Waals surface area contributed by atoms with Crippen LogP contribution in [-0.2, 0) is 53.0 Å². The van der Waals surface area contributed by atoms with Crippen molar-refractivity contribution in [1.29, 1.82) is 0 Å². The molecule has 0 aliphatic heterocycles. The summed E-state index contributed by atoms with van der Waals surface area (Å²) in [5.41, 5.74) is 10.1. The van der Waals surface area contributed by atoms with Gasteiger partial charge < -0.3 is 10.2 Å². The van der Waals surface area contributed by atoms with Gasteiger partial charge in [-0.2, -0.15) is 0 Å². The molecular formula is C4H9Ag2N2O4. The van der Waals surface area contributed by atoms with Gasteiger partial charge in [-0.3, -0.25) is 0 Å². The van der Waals surface area contributed by atoms with Gasteiger partial charge in [0.25, 0.3) is 0 Å². The number of hydrogen-bond donors (Lipinski definition) is 4. The Bertz CT molecular complexity index is 129. The molecule has 0 aliphatic carbocycles. The van der Waals surface area contributed by atoms with E-state index in [1.807, 2.05) is 0 Å². The van der Waals surface area contributed by atoms with E-state index in [9.17, 15) is 0 Å². The Hall–Kier alpha value is 0.341. The fourth-order valence-electron chi connectivity index (χ4n) is 0. The van der Waals surface area contributed by atoms with Gasteiger partial charge in [0.15, 0.2) is 0 Å². The molecule has 1 radical (unpaired) electrons. The molecule has 8 heteroatoms. The Morgan fingerprint density at radius 1 is 1.33 bits per heavy atom. The van der Waals surface area contributed by atoms with Gasteiger partial charge in [-0.25, -0.2) is 9.59 Å². The molecule has 6 nitrogen and oxygen atoms in total. The minimum atomic E-state index is -1.82. The van der Waals surface area contributed by atoms with E-state index in [4.69, 9.17) is 31.3 Å². The molecule has 81 valence electrons. The number of rotatable bonds is 1. The molecule has 0 amide bonds. The van der Waals surface area contributed by atoms with E-state index in [1.54, 1.807) is 0 Å². The van der Waals surface area contributed by atoms with Gasteiger partial charge in [0, 0.05) is 22.4 Å². The van der Waals surface area contributed by atoms with Gasteiger partial charge >= 0.3 is 55.3 Å². The normalized spacial score (nSPS) is 10.0. The second-order valence-electron chi connectivity index (χ2n) is 1.31. The van der Waals surface area contributed by atoms with Crippen molar-refractivity contribution >= 4 is 11.9 Å². The largest absolute Gasteiger partial charge is 0.473 e. The molecule has 0 spiro atoms. The van der Waals surface area contributed by atoms with Crippen molar-refractivity contribution in [3.8, 4) is 0 Å². The fraction of sp³-hybridized carbons (Fsp3) is 0.500. The molecule has 0 aliphatic rings. The molecule has 0 saturated carbocycles. The molecule has 1 atom stereocenters. The third-order valence-corrected chi connectivity index (χ3v) is 0.739. The molecule has 0 rings (SSSR count). The fourth-order valence-corrected chi connectivity index (χ4v) is 0. The molecule has 0 aromatic rings. The van der Waals surface area contributed by atoms with Crippen molar-refractivity contribution in [3.63, 3.8) is 0 Å². The number of nitrogens with two attached hydrogens (primary N) is 2. The average Bonchev–Trinajstić information content (AvgIpc) is 1.89. The van der Waals surface area contributed by atoms with E-state index < -0.39 is 11.9 Å². The Balaban J connectivity index is -0.000000126. The predicted molar refractivity (Wildman–Crippen MR) is 32.3 cm³/mol. The average molecular weight is 365 g/mol. The molecule has 0 heterocycles. The van der Waals surface area contributed by atoms with Gasteiger partial charge in [0.05, 0.1) is 0 Å². The van der Waals surface area contributed by atoms with Gasteiger partial charge in [-0.15, -0.1) is 0 Å². The minimum Gasteiger partial charge on any atom is -0.473 e. The van der Waals surface area contributed by atoms with Crippen molar-refractivity contribution in [2.24, 2.45) is 11.5 Å². The van der Waals surface area contributed by atoms with Crippen LogP contribution in [0.15, 0.2) is 0 Å². The zero-order chi connectivity index (χ0) is 9.44. The van der Waals surface area contributed by atoms with Crippen molar-refractivity contribution in [2.75, 3.05) is 6.54 Å². The van der Waals surface area contributed by atoms with E-state index in [2.05, 4.69) is 21.1 Å². The van der Waals surface area contributed by atoms with E-state index in [1.165, 1.54) is 0 Å². The maximum atomic E-state index is 9.10. The number of carboxylic acid groups (broad SMARTS) is 2. The second kappa shape index (κ2) is 11.3. The van der Waals surface area contributed by atoms with Crippen LogP contribution < -0.4 is 11.5 Å². The van der Waals surface area contributed by atoms with Crippen LogP contribution in [0.1, 0.15) is 0 Å². The number of carboxylic acids is 2. The predicted octanol–water partition coefficient (Wildman–Crippen LogP) is -2.07. The molecule has 0 aromatic carbocycles. The van der Waals surface area contributed by atoms with Crippen LogP contribution in [0, 0.1) is 0 Å². The van der Waals surface area contributed by atoms with Crippen molar-refractivity contribution in [1.82, 2.24) is 0 Å². The Kier molecular flexibility index (Phi) is 17.2. The molecule has 12 heavy (non-hydrogen) atoms. The van der Waals surface area contributed by atoms with Crippen molar-refractivity contribution in [3.05, 3.63) is 0 Å². The summed E-state index contributed by atoms with van der Waals surface area (Å²) >= 11 is 3.04. The van der Waals surface area contributed by atoms with Gasteiger partial charge in [-0.1, -0.05) is 0 Å². The smallest absolute Gasteiger partial charge is 0.414 e. The summed E-state index contributed by atoms with van der Waals surface area (Å²) in [6, 6.07) is 0. The SMILES string of the molecule is NC[CH](N)[Ag].O=C(O)C(=O)O.[Ag]. The van der Waals surface area contributed by atoms with E-state index >= 15 is 0 Å². The van der Waals surface area contributed by atoms with Crippen LogP contribution >= 0.6 is 0 Å². The standard InChI is InChI=1S/C2H7N2.C2H2O4.2Ag/c3-1-2-4;3-1(4)2(5)6;;/h1H,2-4H2;(H,3,4)(H,5,6);;. The molecule has 0 bridgehead atoms. The van der Waals surface area contributed by atoms with Crippen LogP contribution in [0.2, 0.25) is 0 Å². The second-order valence-corrected chi connectivity index (χ2v) is 2.40. The molecule has 0 saturated heterocycles. The third-order valence-electron chi connectivity index (χ3n) is 0.390. The summed E-state index contributed by atoms with van der Waals surface area (Å²) in [6.45, 7) is 0.499. The summed E-state index contributed by atoms with van der Waals surface area (Å²) in [4.78, 5) is 18.2. The summed E-state index contributed by atoms with van der Waals surface area (Å²) < 4.78 is -0.0280. The van der Waals surface area contributed by atoms with Gasteiger partial charge in [0.1, 0.15) is 0 Å². The minimum absolute atomic E-state index is 0. The Morgan fingerprint density at radius 3 is 1.50 bits per heavy atom. The quantitative estimate of drug-likeness (QED) is 0.313. The van der Waals surface area contributed by atoms with Crippen LogP contribution in [0.5, 0.6) is 0 Å². The Morgan fingerprint density at radius 2 is 1.50 bits per heavy atom. The van der Waals surface area contributed by atoms with Crippen LogP contribution in [-0.4, -0.2) is 33.0 Å². The maximum absolute atomic E-state index is 9.10. The summed E-state index contributed by atoms with van der Waals surface area (Å²) in [6.07, 6.45) is 0. The summed E-state index contributed by atoms with van der Waals surface area (Å²) in [7, 11) is 0. The van der Waals surface area contributed by atoms with Gasteiger partial charge in [0.2, 0.25) is 0 Å². The number of hydrogen-bond acceptors (Lipinski definition) is 4. The number of aliphatic carboxylic acids is 2. The molecule has 6 N–H and O–H groups in total. The first-order chi connectivity index (χ1) is 4.91. The zero-order valence-corrected chi connectivity index (χ0v) is 8.72. The first-order valence-corrected chi connectivity index (χ1v) is 3.29. The maximum Gasteiger partial charge on any atom is 0.414 e. The number of carbonyl (C=O) groups is 2. The molecule has 1 unspecified atom stereocenters. The first kappa shape index (κ1) is 18.2. The Labute approximate surface area is 97.1 Å². The monoisotopic (exact) mass is 363 g/mol. The molecule has 0 fully saturated rings. The molecular weight excluding hydrogens is 356 g/mol. The summed E-state index contributed by atoms with van der Waals surface area (Å²) in [5.74, 6) is -3.65. The van der Waals surface area contributed by atoms with E-state index in [0.29, 0.717) is 6.54 Å². The van der Waals surface area contributed by atoms with Crippen molar-refractivity contribution in [2.45, 2.75) is 4.26 Å². The first-order valence-electron chi connectivity index (χ1n) is 2.43. The third kappa shape index (κ3) is 22.4. The topological polar surface area (TPSA) is 127 Å². The van der Waals surface area contributed by atoms with Crippen LogP contribution in [0.3, 0.4) is 0 Å². The van der Waals surface area contributed by atoms with Crippen LogP contribution in [0.4, 0.5) is 0 Å². The van der Waals surface area contributed by atoms with E-state index in [-0.39, 0.29) is 26.6 Å². The summed E-state index contributed by atoms with van der Waals surface area (Å²) in [5, 5.41) is 14.8. The van der Waals surface area contributed by atoms with Crippen LogP contribution in [0.25, 0.3) is 0 Å². The van der Waals surface area contributed by atoms with Gasteiger partial charge in [-0.05, 0) is 0 Å². The zero-order valence-electron chi connectivity index (χ0n) is 5.75. The van der Waals surface area contributed by atoms with E-state index in [0.717, 1.165) is 0 Å². The van der Waals surface area contributed by atoms with Crippen molar-refractivity contribution < 1.29 is 63.2 Å². The molecule has 0 aromatic heterocycles.